The maximum Gasteiger partial charge on any atom is 0.335 e. The largest absolute Gasteiger partial charge is 0.493 e. The van der Waals surface area contributed by atoms with Crippen LogP contribution >= 0.6 is 12.2 Å². The van der Waals surface area contributed by atoms with Gasteiger partial charge in [0.15, 0.2) is 16.6 Å². The van der Waals surface area contributed by atoms with Crippen LogP contribution in [0.25, 0.3) is 6.08 Å². The molecule has 38 heavy (non-hydrogen) atoms. The molecule has 9 heteroatoms. The number of carboxylic acids is 1. The van der Waals surface area contributed by atoms with Crippen molar-refractivity contribution in [1.82, 2.24) is 5.32 Å². The lowest BCUT2D eigenvalue weighted by Gasteiger charge is -2.29. The molecule has 2 N–H and O–H groups in total. The number of methoxy groups -OCH3 is 1. The van der Waals surface area contributed by atoms with E-state index in [9.17, 15) is 19.5 Å². The molecule has 0 aromatic heterocycles. The van der Waals surface area contributed by atoms with Gasteiger partial charge >= 0.3 is 5.97 Å². The first kappa shape index (κ1) is 26.3. The fraction of sp³-hybridized carbons (Fsp3) is 0.103. The van der Waals surface area contributed by atoms with E-state index in [0.29, 0.717) is 30.1 Å². The number of carbonyl (C=O) groups excluding carboxylic acids is 2. The highest BCUT2D eigenvalue weighted by Gasteiger charge is 2.35. The van der Waals surface area contributed by atoms with Crippen molar-refractivity contribution in [3.05, 3.63) is 107 Å². The number of allylic oxidation sites excluding steroid dienone is 1. The molecular formula is C29H24N2O6S. The Balaban J connectivity index is 1.71. The summed E-state index contributed by atoms with van der Waals surface area (Å²) in [6.07, 6.45) is 3.61. The van der Waals surface area contributed by atoms with Gasteiger partial charge in [-0.3, -0.25) is 19.8 Å². The predicted octanol–water partition coefficient (Wildman–Crippen LogP) is 4.53. The Morgan fingerprint density at radius 3 is 2.55 bits per heavy atom. The molecule has 1 fully saturated rings. The van der Waals surface area contributed by atoms with E-state index < -0.39 is 17.8 Å². The zero-order valence-electron chi connectivity index (χ0n) is 20.5. The first-order valence-corrected chi connectivity index (χ1v) is 12.0. The third-order valence-electron chi connectivity index (χ3n) is 5.73. The summed E-state index contributed by atoms with van der Waals surface area (Å²) in [6.45, 7) is 4.14. The number of nitrogens with zero attached hydrogens (tertiary/aromatic N) is 1. The number of anilines is 1. The fourth-order valence-electron chi connectivity index (χ4n) is 3.96. The van der Waals surface area contributed by atoms with Crippen LogP contribution in [0.1, 0.15) is 27.0 Å². The van der Waals surface area contributed by atoms with Crippen LogP contribution in [0.4, 0.5) is 5.69 Å². The molecule has 192 valence electrons. The number of carboxylic acid groups (broad SMARTS) is 1. The molecule has 0 atom stereocenters. The summed E-state index contributed by atoms with van der Waals surface area (Å²) in [6, 6.07) is 18.9. The normalized spacial score (nSPS) is 14.3. The number of aromatic carboxylic acids is 1. The lowest BCUT2D eigenvalue weighted by atomic mass is 10.0. The van der Waals surface area contributed by atoms with Crippen LogP contribution in [0, 0.1) is 0 Å². The highest BCUT2D eigenvalue weighted by molar-refractivity contribution is 7.80. The number of nitrogens with one attached hydrogen (secondary N) is 1. The van der Waals surface area contributed by atoms with Crippen molar-refractivity contribution in [2.45, 2.75) is 13.0 Å². The second-order valence-corrected chi connectivity index (χ2v) is 8.68. The van der Waals surface area contributed by atoms with Crippen molar-refractivity contribution in [2.75, 3.05) is 12.0 Å². The number of hydrogen-bond donors (Lipinski definition) is 2. The quantitative estimate of drug-likeness (QED) is 0.182. The molecule has 0 radical (unpaired) electrons. The van der Waals surface area contributed by atoms with E-state index in [1.165, 1.54) is 37.5 Å². The molecule has 3 aromatic rings. The van der Waals surface area contributed by atoms with Gasteiger partial charge in [0.2, 0.25) is 0 Å². The summed E-state index contributed by atoms with van der Waals surface area (Å²) in [5.74, 6) is -1.55. The van der Waals surface area contributed by atoms with E-state index in [1.807, 2.05) is 30.3 Å². The van der Waals surface area contributed by atoms with Crippen molar-refractivity contribution in [3.63, 3.8) is 0 Å². The van der Waals surface area contributed by atoms with Crippen molar-refractivity contribution in [1.29, 1.82) is 0 Å². The number of ether oxygens (including phenoxy) is 2. The number of benzene rings is 3. The summed E-state index contributed by atoms with van der Waals surface area (Å²) < 4.78 is 11.7. The minimum Gasteiger partial charge on any atom is -0.493 e. The Bertz CT molecular complexity index is 1470. The molecule has 8 nitrogen and oxygen atoms in total. The molecule has 1 aliphatic heterocycles. The molecule has 0 saturated carbocycles. The number of carbonyl (C=O) groups is 3. The van der Waals surface area contributed by atoms with Gasteiger partial charge in [-0.1, -0.05) is 42.5 Å². The first-order chi connectivity index (χ1) is 18.3. The molecule has 4 rings (SSSR count). The smallest absolute Gasteiger partial charge is 0.335 e. The summed E-state index contributed by atoms with van der Waals surface area (Å²) >= 11 is 5.22. The second kappa shape index (κ2) is 11.5. The third kappa shape index (κ3) is 5.63. The van der Waals surface area contributed by atoms with E-state index in [2.05, 4.69) is 11.9 Å². The van der Waals surface area contributed by atoms with Crippen LogP contribution in [0.3, 0.4) is 0 Å². The third-order valence-corrected chi connectivity index (χ3v) is 6.01. The van der Waals surface area contributed by atoms with Crippen molar-refractivity contribution >= 4 is 46.9 Å². The highest BCUT2D eigenvalue weighted by Crippen LogP contribution is 2.35. The minimum atomic E-state index is -1.15. The summed E-state index contributed by atoms with van der Waals surface area (Å²) in [7, 11) is 1.51. The molecule has 0 spiro atoms. The molecule has 0 unspecified atom stereocenters. The van der Waals surface area contributed by atoms with Gasteiger partial charge in [0.25, 0.3) is 11.8 Å². The average Bonchev–Trinajstić information content (AvgIpc) is 2.91. The van der Waals surface area contributed by atoms with E-state index in [1.54, 1.807) is 18.2 Å². The monoisotopic (exact) mass is 528 g/mol. The maximum absolute atomic E-state index is 13.4. The van der Waals surface area contributed by atoms with E-state index in [-0.39, 0.29) is 21.9 Å². The Morgan fingerprint density at radius 1 is 1.11 bits per heavy atom. The molecule has 1 aliphatic rings. The zero-order valence-corrected chi connectivity index (χ0v) is 21.3. The number of thiocarbonyl (C=S) groups is 1. The minimum absolute atomic E-state index is 0.0228. The number of rotatable bonds is 9. The van der Waals surface area contributed by atoms with Gasteiger partial charge < -0.3 is 14.6 Å². The first-order valence-electron chi connectivity index (χ1n) is 11.6. The van der Waals surface area contributed by atoms with Crippen molar-refractivity contribution < 1.29 is 29.0 Å². The van der Waals surface area contributed by atoms with E-state index >= 15 is 0 Å². The van der Waals surface area contributed by atoms with Gasteiger partial charge in [-0.05, 0) is 66.2 Å². The van der Waals surface area contributed by atoms with Gasteiger partial charge in [-0.25, -0.2) is 4.79 Å². The average molecular weight is 529 g/mol. The van der Waals surface area contributed by atoms with Crippen LogP contribution in [-0.2, 0) is 22.6 Å². The van der Waals surface area contributed by atoms with Crippen molar-refractivity contribution in [2.24, 2.45) is 0 Å². The Morgan fingerprint density at radius 2 is 1.87 bits per heavy atom. The molecular weight excluding hydrogens is 504 g/mol. The molecule has 0 bridgehead atoms. The van der Waals surface area contributed by atoms with Crippen LogP contribution in [0.5, 0.6) is 11.5 Å². The molecule has 1 saturated heterocycles. The fourth-order valence-corrected chi connectivity index (χ4v) is 4.24. The van der Waals surface area contributed by atoms with Crippen LogP contribution < -0.4 is 19.7 Å². The summed E-state index contributed by atoms with van der Waals surface area (Å²) in [5.41, 5.74) is 2.29. The Kier molecular flexibility index (Phi) is 7.98. The SMILES string of the molecule is C=CCc1cc(C=C2C(=O)NC(=S)N(c3cccc(C(=O)O)c3)C2=O)cc(OC)c1OCc1ccccc1. The van der Waals surface area contributed by atoms with Gasteiger partial charge in [0, 0.05) is 5.56 Å². The van der Waals surface area contributed by atoms with Gasteiger partial charge in [0.05, 0.1) is 18.4 Å². The second-order valence-electron chi connectivity index (χ2n) is 8.29. The topological polar surface area (TPSA) is 105 Å². The molecule has 2 amide bonds. The lowest BCUT2D eigenvalue weighted by molar-refractivity contribution is -0.122. The molecule has 3 aromatic carbocycles. The number of hydrogen-bond acceptors (Lipinski definition) is 6. The molecule has 1 heterocycles. The van der Waals surface area contributed by atoms with Crippen molar-refractivity contribution in [3.8, 4) is 11.5 Å². The highest BCUT2D eigenvalue weighted by atomic mass is 32.1. The van der Waals surface area contributed by atoms with E-state index in [0.717, 1.165) is 16.0 Å². The van der Waals surface area contributed by atoms with Gasteiger partial charge in [-0.2, -0.15) is 0 Å². The Hall–Kier alpha value is -4.76. The standard InChI is InChI=1S/C29H24N2O6S/c1-3-8-20-13-19(15-24(36-2)25(20)37-17-18-9-5-4-6-10-18)14-23-26(32)30-29(38)31(27(23)33)22-12-7-11-21(16-22)28(34)35/h3-7,9-16H,1,8,17H2,2H3,(H,34,35)(H,30,32,38). The van der Waals surface area contributed by atoms with E-state index in [4.69, 9.17) is 21.7 Å². The van der Waals surface area contributed by atoms with Gasteiger partial charge in [0.1, 0.15) is 12.2 Å². The lowest BCUT2D eigenvalue weighted by Crippen LogP contribution is -2.54. The summed E-state index contributed by atoms with van der Waals surface area (Å²) in [4.78, 5) is 38.7. The molecule has 0 aliphatic carbocycles. The van der Waals surface area contributed by atoms with Crippen LogP contribution in [-0.4, -0.2) is 35.1 Å². The number of amides is 2. The van der Waals surface area contributed by atoms with Crippen LogP contribution in [0.15, 0.2) is 85.0 Å². The summed E-state index contributed by atoms with van der Waals surface area (Å²) in [5, 5.41) is 11.7. The predicted molar refractivity (Wildman–Crippen MR) is 147 cm³/mol. The maximum atomic E-state index is 13.4. The Labute approximate surface area is 224 Å². The zero-order chi connectivity index (χ0) is 27.2. The van der Waals surface area contributed by atoms with Crippen LogP contribution in [0.2, 0.25) is 0 Å². The van der Waals surface area contributed by atoms with Gasteiger partial charge in [-0.15, -0.1) is 6.58 Å².